The van der Waals surface area contributed by atoms with E-state index in [4.69, 9.17) is 14.2 Å². The summed E-state index contributed by atoms with van der Waals surface area (Å²) in [5.41, 5.74) is 7.13. The molecule has 0 radical (unpaired) electrons. The molecule has 0 amide bonds. The molecular weight excluding hydrogens is 962 g/mol. The third-order valence-electron chi connectivity index (χ3n) is 12.4. The summed E-state index contributed by atoms with van der Waals surface area (Å²) in [6.07, 6.45) is 11.9. The summed E-state index contributed by atoms with van der Waals surface area (Å²) >= 11 is 7.07. The number of halogens is 4. The van der Waals surface area contributed by atoms with Crippen molar-refractivity contribution in [3.8, 4) is 0 Å². The number of aryl methyl sites for hydroxylation is 3. The van der Waals surface area contributed by atoms with Crippen LogP contribution in [0.5, 0.6) is 0 Å². The van der Waals surface area contributed by atoms with Gasteiger partial charge in [0.15, 0.2) is 11.4 Å². The Hall–Kier alpha value is -5.70. The predicted molar refractivity (Wildman–Crippen MR) is 238 cm³/mol. The van der Waals surface area contributed by atoms with E-state index in [1.165, 1.54) is 19.5 Å². The molecule has 2 saturated heterocycles. The highest BCUT2D eigenvalue weighted by Gasteiger charge is 2.37. The Morgan fingerprint density at radius 1 is 0.750 bits per heavy atom. The number of aromatic nitrogens is 10. The minimum atomic E-state index is -1.14. The first-order chi connectivity index (χ1) is 30.9. The maximum absolute atomic E-state index is 15.2. The molecule has 0 bridgehead atoms. The molecule has 10 rings (SSSR count). The number of carboxylic acid groups (broad SMARTS) is 1. The van der Waals surface area contributed by atoms with Gasteiger partial charge in [0.2, 0.25) is 0 Å². The molecule has 20 heteroatoms. The topological polar surface area (TPSA) is 179 Å². The average Bonchev–Trinajstić information content (AvgIpc) is 4.03. The van der Waals surface area contributed by atoms with Gasteiger partial charge < -0.3 is 28.5 Å². The van der Waals surface area contributed by atoms with Crippen LogP contribution in [0.25, 0.3) is 44.1 Å². The maximum Gasteiger partial charge on any atom is 0.360 e. The van der Waals surface area contributed by atoms with Crippen LogP contribution < -0.4 is 0 Å². The lowest BCUT2D eigenvalue weighted by atomic mass is 9.86. The number of fused-ring (bicyclic) bond motifs is 6. The van der Waals surface area contributed by atoms with Crippen molar-refractivity contribution in [2.45, 2.75) is 44.7 Å². The first kappa shape index (κ1) is 43.5. The van der Waals surface area contributed by atoms with Gasteiger partial charge in [0.05, 0.1) is 42.6 Å². The summed E-state index contributed by atoms with van der Waals surface area (Å²) in [4.78, 5) is 42.0. The number of rotatable bonds is 8. The molecule has 0 aliphatic carbocycles. The summed E-state index contributed by atoms with van der Waals surface area (Å²) in [6, 6.07) is 4.43. The Kier molecular flexibility index (Phi) is 12.0. The molecule has 2 atom stereocenters. The highest BCUT2D eigenvalue weighted by Crippen LogP contribution is 2.45. The molecule has 0 aromatic carbocycles. The zero-order valence-corrected chi connectivity index (χ0v) is 38.3. The van der Waals surface area contributed by atoms with Gasteiger partial charge in [0, 0.05) is 85.4 Å². The standard InChI is InChI=1S/2C22H21BrFN5O3/c1-28-20-17-16(9-13(23)10-26-17)29(21(20)18(27-28)22(30)31-2)19(12-4-7-32-8-5-12)14-3-6-25-11-15(14)24;1-11-14(23)9-26-16-18(11)29(21-17(22(30)31)27-28(2)20(16)21)19(12-4-7-32-8-5-12)13-3-6-25-10-15(13)24/h3,6,9-12,19H,4-5,7-8H2,1-2H3;3,6,9-10,12,19H,4-5,7-8H2,1-2H3,(H,30,31). The van der Waals surface area contributed by atoms with Gasteiger partial charge in [0.25, 0.3) is 0 Å². The van der Waals surface area contributed by atoms with Gasteiger partial charge in [-0.2, -0.15) is 10.2 Å². The summed E-state index contributed by atoms with van der Waals surface area (Å²) in [5, 5.41) is 18.7. The van der Waals surface area contributed by atoms with Gasteiger partial charge in [0.1, 0.15) is 44.7 Å². The number of hydrogen-bond donors (Lipinski definition) is 1. The van der Waals surface area contributed by atoms with Crippen LogP contribution in [-0.2, 0) is 28.3 Å². The van der Waals surface area contributed by atoms with Gasteiger partial charge >= 0.3 is 11.9 Å². The fourth-order valence-corrected chi connectivity index (χ4v) is 10.2. The van der Waals surface area contributed by atoms with Crippen LogP contribution in [0.4, 0.5) is 8.78 Å². The Balaban J connectivity index is 0.000000162. The molecule has 8 aromatic rings. The summed E-state index contributed by atoms with van der Waals surface area (Å²) in [6.45, 7) is 4.26. The van der Waals surface area contributed by atoms with Gasteiger partial charge in [-0.1, -0.05) is 0 Å². The van der Waals surface area contributed by atoms with E-state index in [0.717, 1.165) is 51.2 Å². The second-order valence-electron chi connectivity index (χ2n) is 15.9. The van der Waals surface area contributed by atoms with Crippen molar-refractivity contribution in [2.75, 3.05) is 33.5 Å². The molecule has 64 heavy (non-hydrogen) atoms. The highest BCUT2D eigenvalue weighted by molar-refractivity contribution is 9.10. The van der Waals surface area contributed by atoms with E-state index in [-0.39, 0.29) is 23.2 Å². The number of methoxy groups -OCH3 is 1. The molecule has 0 spiro atoms. The molecule has 2 fully saturated rings. The average molecular weight is 1000 g/mol. The largest absolute Gasteiger partial charge is 0.476 e. The Labute approximate surface area is 380 Å². The molecule has 332 valence electrons. The van der Waals surface area contributed by atoms with E-state index in [1.807, 2.05) is 22.1 Å². The van der Waals surface area contributed by atoms with E-state index in [2.05, 4.69) is 62.0 Å². The van der Waals surface area contributed by atoms with Crippen molar-refractivity contribution in [2.24, 2.45) is 25.9 Å². The van der Waals surface area contributed by atoms with Gasteiger partial charge in [-0.25, -0.2) is 18.4 Å². The van der Waals surface area contributed by atoms with Gasteiger partial charge in [-0.05, 0) is 100 Å². The van der Waals surface area contributed by atoms with Crippen LogP contribution in [0.3, 0.4) is 0 Å². The monoisotopic (exact) mass is 1000 g/mol. The second-order valence-corrected chi connectivity index (χ2v) is 17.7. The summed E-state index contributed by atoms with van der Waals surface area (Å²) in [5.74, 6) is -2.42. The first-order valence-electron chi connectivity index (χ1n) is 20.6. The molecular formula is C44H42Br2F2N10O6. The van der Waals surface area contributed by atoms with Crippen molar-refractivity contribution in [3.63, 3.8) is 0 Å². The fourth-order valence-electron chi connectivity index (χ4n) is 9.55. The molecule has 2 aliphatic heterocycles. The van der Waals surface area contributed by atoms with Crippen molar-refractivity contribution in [1.29, 1.82) is 0 Å². The molecule has 0 saturated carbocycles. The Morgan fingerprint density at radius 2 is 1.27 bits per heavy atom. The fraction of sp³-hybridized carbons (Fsp3) is 0.364. The lowest BCUT2D eigenvalue weighted by Gasteiger charge is -2.33. The van der Waals surface area contributed by atoms with Crippen LogP contribution in [0.15, 0.2) is 64.3 Å². The smallest absolute Gasteiger partial charge is 0.360 e. The molecule has 8 aromatic heterocycles. The zero-order valence-electron chi connectivity index (χ0n) is 35.1. The number of carbonyl (C=O) groups is 2. The van der Waals surface area contributed by atoms with Gasteiger partial charge in [-0.15, -0.1) is 0 Å². The number of aromatic carboxylic acids is 1. The first-order valence-corrected chi connectivity index (χ1v) is 22.2. The number of carboxylic acids is 1. The minimum absolute atomic E-state index is 0.0275. The minimum Gasteiger partial charge on any atom is -0.476 e. The number of hydrogen-bond acceptors (Lipinski definition) is 11. The van der Waals surface area contributed by atoms with Crippen molar-refractivity contribution in [1.82, 2.24) is 48.6 Å². The van der Waals surface area contributed by atoms with Crippen LogP contribution in [-0.4, -0.2) is 99.2 Å². The van der Waals surface area contributed by atoms with E-state index in [1.54, 1.807) is 60.4 Å². The van der Waals surface area contributed by atoms with Crippen molar-refractivity contribution in [3.05, 3.63) is 104 Å². The third kappa shape index (κ3) is 7.42. The lowest BCUT2D eigenvalue weighted by Crippen LogP contribution is -2.28. The third-order valence-corrected chi connectivity index (χ3v) is 13.6. The molecule has 2 unspecified atom stereocenters. The second kappa shape index (κ2) is 17.7. The SMILES string of the molecule is COC(=O)c1nn(C)c2c3ncc(Br)cc3n(C(c3ccncc3F)C3CCOCC3)c12.Cc1c(Br)cnc2c3c(c(C(=O)O)nn3C)n(C(c3ccncc3F)C3CCOCC3)c12. The van der Waals surface area contributed by atoms with Crippen LogP contribution in [0, 0.1) is 30.4 Å². The highest BCUT2D eigenvalue weighted by atomic mass is 79.9. The number of ether oxygens (including phenoxy) is 3. The number of carbonyl (C=O) groups excluding carboxylic acids is 1. The van der Waals surface area contributed by atoms with E-state index >= 15 is 8.78 Å². The van der Waals surface area contributed by atoms with Crippen LogP contribution in [0.1, 0.15) is 75.4 Å². The Morgan fingerprint density at radius 3 is 1.81 bits per heavy atom. The number of esters is 1. The normalized spacial score (nSPS) is 16.1. The van der Waals surface area contributed by atoms with Crippen LogP contribution >= 0.6 is 31.9 Å². The van der Waals surface area contributed by atoms with E-state index < -0.39 is 35.7 Å². The number of nitrogens with zero attached hydrogens (tertiary/aromatic N) is 10. The van der Waals surface area contributed by atoms with Crippen LogP contribution in [0.2, 0.25) is 0 Å². The summed E-state index contributed by atoms with van der Waals surface area (Å²) in [7, 11) is 4.79. The van der Waals surface area contributed by atoms with Crippen molar-refractivity contribution >= 4 is 87.9 Å². The molecule has 10 heterocycles. The molecule has 1 N–H and O–H groups in total. The maximum atomic E-state index is 15.2. The quantitative estimate of drug-likeness (QED) is 0.144. The number of pyridine rings is 4. The lowest BCUT2D eigenvalue weighted by molar-refractivity contribution is 0.0544. The Bertz CT molecular complexity index is 3100. The van der Waals surface area contributed by atoms with Crippen molar-refractivity contribution < 1.29 is 37.7 Å². The molecule has 16 nitrogen and oxygen atoms in total. The van der Waals surface area contributed by atoms with E-state index in [0.29, 0.717) is 70.7 Å². The van der Waals surface area contributed by atoms with E-state index in [9.17, 15) is 14.7 Å². The predicted octanol–water partition coefficient (Wildman–Crippen LogP) is 8.26. The molecule has 2 aliphatic rings. The summed E-state index contributed by atoms with van der Waals surface area (Å²) < 4.78 is 55.2. The van der Waals surface area contributed by atoms with Gasteiger partial charge in [-0.3, -0.25) is 29.3 Å². The zero-order chi connectivity index (χ0) is 45.0.